The fourth-order valence-electron chi connectivity index (χ4n) is 0.739. The number of thiol groups is 1. The minimum atomic E-state index is 1.05. The van der Waals surface area contributed by atoms with E-state index in [0.717, 1.165) is 5.75 Å². The minimum Gasteiger partial charge on any atom is -0.179 e. The van der Waals surface area contributed by atoms with Crippen LogP contribution in [0.3, 0.4) is 0 Å². The highest BCUT2D eigenvalue weighted by Gasteiger charge is 1.87. The lowest BCUT2D eigenvalue weighted by molar-refractivity contribution is 0.786. The number of thioether (sulfide) groups is 1. The molecule has 0 nitrogen and oxygen atoms in total. The van der Waals surface area contributed by atoms with Crippen LogP contribution in [-0.2, 0) is 0 Å². The zero-order valence-corrected chi connectivity index (χ0v) is 8.52. The van der Waals surface area contributed by atoms with E-state index in [9.17, 15) is 0 Å². The van der Waals surface area contributed by atoms with Gasteiger partial charge in [-0.15, -0.1) is 0 Å². The lowest BCUT2D eigenvalue weighted by atomic mass is 10.3. The molecule has 0 aromatic carbocycles. The molecule has 0 N–H and O–H groups in total. The van der Waals surface area contributed by atoms with Crippen molar-refractivity contribution in [2.75, 3.05) is 17.3 Å². The predicted octanol–water partition coefficient (Wildman–Crippen LogP) is 3.23. The molecule has 0 fully saturated rings. The van der Waals surface area contributed by atoms with Gasteiger partial charge in [0.1, 0.15) is 0 Å². The Bertz CT molecular complexity index is 47.2. The third kappa shape index (κ3) is 8.70. The third-order valence-electron chi connectivity index (χ3n) is 1.30. The van der Waals surface area contributed by atoms with Gasteiger partial charge in [-0.2, -0.15) is 24.4 Å². The van der Waals surface area contributed by atoms with Crippen LogP contribution in [-0.4, -0.2) is 17.3 Å². The van der Waals surface area contributed by atoms with E-state index in [4.69, 9.17) is 0 Å². The Balaban J connectivity index is 2.65. The van der Waals surface area contributed by atoms with Gasteiger partial charge in [0.15, 0.2) is 0 Å². The van der Waals surface area contributed by atoms with Gasteiger partial charge in [-0.1, -0.05) is 13.3 Å². The van der Waals surface area contributed by atoms with Crippen LogP contribution in [0, 0.1) is 0 Å². The zero-order valence-electron chi connectivity index (χ0n) is 6.81. The molecular formula is C8H18S2. The van der Waals surface area contributed by atoms with Gasteiger partial charge in [0.25, 0.3) is 0 Å². The highest BCUT2D eigenvalue weighted by molar-refractivity contribution is 7.99. The maximum atomic E-state index is 4.16. The van der Waals surface area contributed by atoms with Gasteiger partial charge in [-0.25, -0.2) is 0 Å². The molecule has 0 atom stereocenters. The monoisotopic (exact) mass is 178 g/mol. The van der Waals surface area contributed by atoms with Gasteiger partial charge >= 0.3 is 0 Å². The fourth-order valence-corrected chi connectivity index (χ4v) is 1.86. The molecule has 0 heterocycles. The summed E-state index contributed by atoms with van der Waals surface area (Å²) in [7, 11) is 0. The molecule has 0 aromatic rings. The van der Waals surface area contributed by atoms with Crippen molar-refractivity contribution < 1.29 is 0 Å². The SMILES string of the molecule is CCCSCCCCCS. The van der Waals surface area contributed by atoms with Crippen LogP contribution in [0.25, 0.3) is 0 Å². The van der Waals surface area contributed by atoms with Gasteiger partial charge in [-0.05, 0) is 36.5 Å². The van der Waals surface area contributed by atoms with Crippen LogP contribution in [0.2, 0.25) is 0 Å². The Hall–Kier alpha value is 0.700. The van der Waals surface area contributed by atoms with Crippen LogP contribution in [0.4, 0.5) is 0 Å². The normalized spacial score (nSPS) is 10.2. The molecule has 0 rings (SSSR count). The van der Waals surface area contributed by atoms with E-state index in [1.54, 1.807) is 0 Å². The summed E-state index contributed by atoms with van der Waals surface area (Å²) in [6, 6.07) is 0. The Labute approximate surface area is 74.6 Å². The van der Waals surface area contributed by atoms with Gasteiger partial charge in [0.05, 0.1) is 0 Å². The first-order valence-corrected chi connectivity index (χ1v) is 5.89. The summed E-state index contributed by atoms with van der Waals surface area (Å²) in [6.45, 7) is 2.24. The number of rotatable bonds is 7. The molecule has 10 heavy (non-hydrogen) atoms. The van der Waals surface area contributed by atoms with Gasteiger partial charge < -0.3 is 0 Å². The molecule has 0 saturated heterocycles. The summed E-state index contributed by atoms with van der Waals surface area (Å²) >= 11 is 6.24. The van der Waals surface area contributed by atoms with Crippen molar-refractivity contribution in [2.45, 2.75) is 32.6 Å². The third-order valence-corrected chi connectivity index (χ3v) is 2.89. The van der Waals surface area contributed by atoms with Crippen molar-refractivity contribution in [1.82, 2.24) is 0 Å². The number of hydrogen-bond acceptors (Lipinski definition) is 2. The largest absolute Gasteiger partial charge is 0.179 e. The Morgan fingerprint density at radius 1 is 1.10 bits per heavy atom. The maximum Gasteiger partial charge on any atom is -0.00675 e. The van der Waals surface area contributed by atoms with Gasteiger partial charge in [0.2, 0.25) is 0 Å². The second-order valence-electron chi connectivity index (χ2n) is 2.40. The molecule has 0 spiro atoms. The molecule has 2 heteroatoms. The smallest absolute Gasteiger partial charge is 0.00675 e. The standard InChI is InChI=1S/C8H18S2/c1-2-7-10-8-5-3-4-6-9/h9H,2-8H2,1H3. The molecule has 0 unspecified atom stereocenters. The van der Waals surface area contributed by atoms with E-state index in [1.165, 1.54) is 37.2 Å². The first-order chi connectivity index (χ1) is 4.91. The van der Waals surface area contributed by atoms with Crippen LogP contribution in [0.15, 0.2) is 0 Å². The summed E-state index contributed by atoms with van der Waals surface area (Å²) < 4.78 is 0. The summed E-state index contributed by atoms with van der Waals surface area (Å²) in [5, 5.41) is 0. The number of unbranched alkanes of at least 4 members (excludes halogenated alkanes) is 2. The van der Waals surface area contributed by atoms with Crippen LogP contribution >= 0.6 is 24.4 Å². The molecule has 0 radical (unpaired) electrons. The van der Waals surface area contributed by atoms with Crippen molar-refractivity contribution in [3.05, 3.63) is 0 Å². The van der Waals surface area contributed by atoms with Crippen molar-refractivity contribution in [3.63, 3.8) is 0 Å². The first kappa shape index (κ1) is 10.7. The summed E-state index contributed by atoms with van der Waals surface area (Å²) in [6.07, 6.45) is 5.35. The molecule has 0 amide bonds. The fraction of sp³-hybridized carbons (Fsp3) is 1.00. The van der Waals surface area contributed by atoms with E-state index in [1.807, 2.05) is 0 Å². The lowest BCUT2D eigenvalue weighted by Gasteiger charge is -1.97. The van der Waals surface area contributed by atoms with E-state index in [-0.39, 0.29) is 0 Å². The molecule has 0 bridgehead atoms. The number of hydrogen-bond donors (Lipinski definition) is 1. The predicted molar refractivity (Wildman–Crippen MR) is 55.3 cm³/mol. The van der Waals surface area contributed by atoms with Gasteiger partial charge in [0, 0.05) is 0 Å². The highest BCUT2D eigenvalue weighted by atomic mass is 32.2. The van der Waals surface area contributed by atoms with Crippen molar-refractivity contribution >= 4 is 24.4 Å². The Morgan fingerprint density at radius 2 is 1.90 bits per heavy atom. The highest BCUT2D eigenvalue weighted by Crippen LogP contribution is 2.07. The zero-order chi connectivity index (χ0) is 7.66. The molecule has 0 aliphatic carbocycles. The van der Waals surface area contributed by atoms with Gasteiger partial charge in [-0.3, -0.25) is 0 Å². The summed E-state index contributed by atoms with van der Waals surface area (Å²) in [4.78, 5) is 0. The average molecular weight is 178 g/mol. The Morgan fingerprint density at radius 3 is 2.50 bits per heavy atom. The van der Waals surface area contributed by atoms with E-state index in [0.29, 0.717) is 0 Å². The van der Waals surface area contributed by atoms with Crippen molar-refractivity contribution in [3.8, 4) is 0 Å². The lowest BCUT2D eigenvalue weighted by Crippen LogP contribution is -1.83. The summed E-state index contributed by atoms with van der Waals surface area (Å²) in [5.74, 6) is 3.74. The molecule has 62 valence electrons. The quantitative estimate of drug-likeness (QED) is 0.461. The minimum absolute atomic E-state index is 1.05. The van der Waals surface area contributed by atoms with Crippen molar-refractivity contribution in [1.29, 1.82) is 0 Å². The molecular weight excluding hydrogens is 160 g/mol. The molecule has 0 aliphatic heterocycles. The van der Waals surface area contributed by atoms with E-state index in [2.05, 4.69) is 31.3 Å². The van der Waals surface area contributed by atoms with Crippen LogP contribution in [0.5, 0.6) is 0 Å². The molecule has 0 aromatic heterocycles. The summed E-state index contributed by atoms with van der Waals surface area (Å²) in [5.41, 5.74) is 0. The average Bonchev–Trinajstić information content (AvgIpc) is 1.97. The van der Waals surface area contributed by atoms with E-state index < -0.39 is 0 Å². The second-order valence-corrected chi connectivity index (χ2v) is 4.07. The second kappa shape index (κ2) is 9.70. The van der Waals surface area contributed by atoms with E-state index >= 15 is 0 Å². The Kier molecular flexibility index (Phi) is 10.4. The molecule has 0 saturated carbocycles. The van der Waals surface area contributed by atoms with Crippen LogP contribution < -0.4 is 0 Å². The maximum absolute atomic E-state index is 4.16. The topological polar surface area (TPSA) is 0 Å². The van der Waals surface area contributed by atoms with Crippen molar-refractivity contribution in [2.24, 2.45) is 0 Å². The van der Waals surface area contributed by atoms with Crippen LogP contribution in [0.1, 0.15) is 32.6 Å². The first-order valence-electron chi connectivity index (χ1n) is 4.10. The molecule has 0 aliphatic rings.